The Labute approximate surface area is 77.4 Å². The molecular formula is C9H13N3O. The second kappa shape index (κ2) is 3.40. The quantitative estimate of drug-likeness (QED) is 0.674. The van der Waals surface area contributed by atoms with E-state index in [0.29, 0.717) is 0 Å². The van der Waals surface area contributed by atoms with Crippen molar-refractivity contribution in [3.63, 3.8) is 0 Å². The van der Waals surface area contributed by atoms with Crippen molar-refractivity contribution in [3.8, 4) is 0 Å². The number of hydrogen-bond donors (Lipinski definition) is 1. The van der Waals surface area contributed by atoms with Gasteiger partial charge in [0.15, 0.2) is 5.82 Å². The van der Waals surface area contributed by atoms with Gasteiger partial charge in [0.05, 0.1) is 6.61 Å². The van der Waals surface area contributed by atoms with Crippen molar-refractivity contribution in [3.05, 3.63) is 24.3 Å². The van der Waals surface area contributed by atoms with Crippen molar-refractivity contribution in [2.45, 2.75) is 12.5 Å². The van der Waals surface area contributed by atoms with Crippen LogP contribution in [0.15, 0.2) is 18.5 Å². The highest BCUT2D eigenvalue weighted by atomic mass is 16.5. The lowest BCUT2D eigenvalue weighted by atomic mass is 10.0. The first-order valence-electron chi connectivity index (χ1n) is 4.43. The van der Waals surface area contributed by atoms with E-state index in [2.05, 4.69) is 15.3 Å². The van der Waals surface area contributed by atoms with Crippen LogP contribution < -0.4 is 5.32 Å². The molecule has 1 N–H and O–H groups in total. The molecule has 1 atom stereocenters. The molecule has 1 aliphatic heterocycles. The Morgan fingerprint density at radius 3 is 2.85 bits per heavy atom. The van der Waals surface area contributed by atoms with Crippen LogP contribution in [0.5, 0.6) is 0 Å². The van der Waals surface area contributed by atoms with Crippen molar-refractivity contribution < 1.29 is 4.74 Å². The van der Waals surface area contributed by atoms with Crippen LogP contribution >= 0.6 is 0 Å². The third-order valence-corrected chi connectivity index (χ3v) is 2.20. The standard InChI is InChI=1S/C9H13N3O/c1-9(7-10-5-6-13-9)8-11-3-2-4-12-8/h2-4,10H,5-7H2,1H3. The molecular weight excluding hydrogens is 166 g/mol. The zero-order chi connectivity index (χ0) is 9.15. The minimum atomic E-state index is -0.362. The first kappa shape index (κ1) is 8.59. The summed E-state index contributed by atoms with van der Waals surface area (Å²) < 4.78 is 5.66. The molecule has 0 radical (unpaired) electrons. The van der Waals surface area contributed by atoms with Crippen LogP contribution in [0.1, 0.15) is 12.7 Å². The van der Waals surface area contributed by atoms with E-state index in [1.165, 1.54) is 0 Å². The summed E-state index contributed by atoms with van der Waals surface area (Å²) in [5.41, 5.74) is -0.362. The average Bonchev–Trinajstić information content (AvgIpc) is 2.20. The molecule has 1 fully saturated rings. The summed E-state index contributed by atoms with van der Waals surface area (Å²) >= 11 is 0. The van der Waals surface area contributed by atoms with Crippen LogP contribution in [0.4, 0.5) is 0 Å². The summed E-state index contributed by atoms with van der Waals surface area (Å²) in [6.07, 6.45) is 3.48. The SMILES string of the molecule is CC1(c2ncccn2)CNCCO1. The smallest absolute Gasteiger partial charge is 0.161 e. The Balaban J connectivity index is 2.23. The van der Waals surface area contributed by atoms with Crippen LogP contribution in [0.2, 0.25) is 0 Å². The van der Waals surface area contributed by atoms with Crippen LogP contribution in [0.3, 0.4) is 0 Å². The van der Waals surface area contributed by atoms with Gasteiger partial charge in [-0.1, -0.05) is 0 Å². The van der Waals surface area contributed by atoms with Gasteiger partial charge in [-0.05, 0) is 13.0 Å². The van der Waals surface area contributed by atoms with E-state index in [9.17, 15) is 0 Å². The van der Waals surface area contributed by atoms with E-state index in [0.717, 1.165) is 25.5 Å². The van der Waals surface area contributed by atoms with Crippen LogP contribution in [-0.2, 0) is 10.3 Å². The fraction of sp³-hybridized carbons (Fsp3) is 0.556. The van der Waals surface area contributed by atoms with Crippen molar-refractivity contribution in [2.24, 2.45) is 0 Å². The molecule has 0 aliphatic carbocycles. The average molecular weight is 179 g/mol. The number of ether oxygens (including phenoxy) is 1. The summed E-state index contributed by atoms with van der Waals surface area (Å²) in [4.78, 5) is 8.40. The molecule has 0 saturated carbocycles. The first-order chi connectivity index (χ1) is 6.31. The lowest BCUT2D eigenvalue weighted by molar-refractivity contribution is -0.0632. The molecule has 1 unspecified atom stereocenters. The zero-order valence-electron chi connectivity index (χ0n) is 7.66. The van der Waals surface area contributed by atoms with Crippen LogP contribution in [0.25, 0.3) is 0 Å². The summed E-state index contributed by atoms with van der Waals surface area (Å²) in [6.45, 7) is 4.41. The minimum absolute atomic E-state index is 0.362. The Morgan fingerprint density at radius 1 is 1.46 bits per heavy atom. The highest BCUT2D eigenvalue weighted by Crippen LogP contribution is 2.22. The molecule has 1 aliphatic rings. The molecule has 0 amide bonds. The largest absolute Gasteiger partial charge is 0.365 e. The number of aromatic nitrogens is 2. The molecule has 4 nitrogen and oxygen atoms in total. The number of nitrogens with zero attached hydrogens (tertiary/aromatic N) is 2. The minimum Gasteiger partial charge on any atom is -0.365 e. The molecule has 1 aromatic heterocycles. The van der Waals surface area contributed by atoms with Crippen molar-refractivity contribution >= 4 is 0 Å². The highest BCUT2D eigenvalue weighted by molar-refractivity contribution is 5.03. The van der Waals surface area contributed by atoms with Gasteiger partial charge in [0, 0.05) is 25.5 Å². The van der Waals surface area contributed by atoms with E-state index in [-0.39, 0.29) is 5.60 Å². The van der Waals surface area contributed by atoms with Crippen molar-refractivity contribution in [1.29, 1.82) is 0 Å². The maximum Gasteiger partial charge on any atom is 0.161 e. The van der Waals surface area contributed by atoms with E-state index >= 15 is 0 Å². The summed E-state index contributed by atoms with van der Waals surface area (Å²) in [7, 11) is 0. The molecule has 0 bridgehead atoms. The Hall–Kier alpha value is -1.00. The Morgan fingerprint density at radius 2 is 2.23 bits per heavy atom. The monoisotopic (exact) mass is 179 g/mol. The van der Waals surface area contributed by atoms with Crippen LogP contribution in [-0.4, -0.2) is 29.7 Å². The maximum atomic E-state index is 5.66. The molecule has 2 rings (SSSR count). The van der Waals surface area contributed by atoms with Gasteiger partial charge >= 0.3 is 0 Å². The normalized spacial score (nSPS) is 28.7. The zero-order valence-corrected chi connectivity index (χ0v) is 7.66. The molecule has 70 valence electrons. The Bertz CT molecular complexity index is 269. The highest BCUT2D eigenvalue weighted by Gasteiger charge is 2.32. The number of rotatable bonds is 1. The predicted octanol–water partition coefficient (Wildman–Crippen LogP) is 0.312. The van der Waals surface area contributed by atoms with E-state index in [4.69, 9.17) is 4.74 Å². The lowest BCUT2D eigenvalue weighted by Crippen LogP contribution is -2.46. The predicted molar refractivity (Wildman–Crippen MR) is 48.2 cm³/mol. The molecule has 2 heterocycles. The third-order valence-electron chi connectivity index (χ3n) is 2.20. The number of nitrogens with one attached hydrogen (secondary N) is 1. The summed E-state index contributed by atoms with van der Waals surface area (Å²) in [5.74, 6) is 0.752. The van der Waals surface area contributed by atoms with Gasteiger partial charge in [0.25, 0.3) is 0 Å². The molecule has 1 saturated heterocycles. The van der Waals surface area contributed by atoms with Gasteiger partial charge in [-0.3, -0.25) is 0 Å². The first-order valence-corrected chi connectivity index (χ1v) is 4.43. The fourth-order valence-corrected chi connectivity index (χ4v) is 1.44. The summed E-state index contributed by atoms with van der Waals surface area (Å²) in [6, 6.07) is 1.81. The van der Waals surface area contributed by atoms with E-state index in [1.54, 1.807) is 12.4 Å². The second-order valence-corrected chi connectivity index (χ2v) is 3.33. The second-order valence-electron chi connectivity index (χ2n) is 3.33. The molecule has 1 aromatic rings. The molecule has 13 heavy (non-hydrogen) atoms. The van der Waals surface area contributed by atoms with Gasteiger partial charge in [0.1, 0.15) is 5.60 Å². The molecule has 0 aromatic carbocycles. The van der Waals surface area contributed by atoms with Crippen molar-refractivity contribution in [1.82, 2.24) is 15.3 Å². The van der Waals surface area contributed by atoms with Gasteiger partial charge in [-0.25, -0.2) is 9.97 Å². The van der Waals surface area contributed by atoms with Gasteiger partial charge in [-0.15, -0.1) is 0 Å². The van der Waals surface area contributed by atoms with E-state index in [1.807, 2.05) is 13.0 Å². The van der Waals surface area contributed by atoms with Crippen molar-refractivity contribution in [2.75, 3.05) is 19.7 Å². The Kier molecular flexibility index (Phi) is 2.24. The van der Waals surface area contributed by atoms with Crippen LogP contribution in [0, 0.1) is 0 Å². The van der Waals surface area contributed by atoms with E-state index < -0.39 is 0 Å². The lowest BCUT2D eigenvalue weighted by Gasteiger charge is -2.32. The van der Waals surface area contributed by atoms with Gasteiger partial charge < -0.3 is 10.1 Å². The molecule has 0 spiro atoms. The van der Waals surface area contributed by atoms with Gasteiger partial charge in [-0.2, -0.15) is 0 Å². The maximum absolute atomic E-state index is 5.66. The third kappa shape index (κ3) is 1.68. The molecule has 4 heteroatoms. The number of morpholine rings is 1. The topological polar surface area (TPSA) is 47.0 Å². The summed E-state index contributed by atoms with van der Waals surface area (Å²) in [5, 5.41) is 3.27. The fourth-order valence-electron chi connectivity index (χ4n) is 1.44. The number of hydrogen-bond acceptors (Lipinski definition) is 4. The van der Waals surface area contributed by atoms with Gasteiger partial charge in [0.2, 0.25) is 0 Å².